The van der Waals surface area contributed by atoms with Crippen molar-refractivity contribution in [2.75, 3.05) is 13.7 Å². The van der Waals surface area contributed by atoms with Crippen molar-refractivity contribution in [3.05, 3.63) is 82.1 Å². The van der Waals surface area contributed by atoms with E-state index in [1.165, 1.54) is 11.6 Å². The molecule has 0 N–H and O–H groups in total. The molecule has 1 fully saturated rings. The first-order chi connectivity index (χ1) is 13.7. The molecule has 2 aromatic carbocycles. The van der Waals surface area contributed by atoms with Crippen LogP contribution in [0.1, 0.15) is 30.2 Å². The van der Waals surface area contributed by atoms with Crippen LogP contribution >= 0.6 is 0 Å². The first-order valence-electron chi connectivity index (χ1n) is 9.36. The Morgan fingerprint density at radius 2 is 1.93 bits per heavy atom. The Morgan fingerprint density at radius 3 is 2.68 bits per heavy atom. The Bertz CT molecular complexity index is 965. The molecule has 1 aliphatic rings. The molecule has 2 heterocycles. The number of para-hydroxylation sites is 1. The van der Waals surface area contributed by atoms with Crippen molar-refractivity contribution in [2.45, 2.75) is 25.4 Å². The molecule has 0 radical (unpaired) electrons. The van der Waals surface area contributed by atoms with Crippen molar-refractivity contribution in [2.24, 2.45) is 0 Å². The van der Waals surface area contributed by atoms with Gasteiger partial charge in [0, 0.05) is 12.1 Å². The lowest BCUT2D eigenvalue weighted by Gasteiger charge is -2.24. The van der Waals surface area contributed by atoms with Gasteiger partial charge in [-0.1, -0.05) is 24.3 Å². The van der Waals surface area contributed by atoms with Crippen LogP contribution in [0.25, 0.3) is 11.3 Å². The van der Waals surface area contributed by atoms with Gasteiger partial charge >= 0.3 is 0 Å². The molecule has 1 atom stereocenters. The molecule has 3 aromatic rings. The van der Waals surface area contributed by atoms with Gasteiger partial charge in [-0.15, -0.1) is 0 Å². The van der Waals surface area contributed by atoms with Crippen LogP contribution in [-0.2, 0) is 6.54 Å². The zero-order chi connectivity index (χ0) is 19.5. The fraction of sp³-hybridized carbons (Fsp3) is 0.273. The zero-order valence-corrected chi connectivity index (χ0v) is 15.7. The lowest BCUT2D eigenvalue weighted by Crippen LogP contribution is -2.22. The van der Waals surface area contributed by atoms with Crippen LogP contribution in [0.3, 0.4) is 0 Å². The van der Waals surface area contributed by atoms with E-state index in [0.29, 0.717) is 23.9 Å². The number of ether oxygens (including phenoxy) is 1. The van der Waals surface area contributed by atoms with Crippen LogP contribution in [0, 0.1) is 10.1 Å². The van der Waals surface area contributed by atoms with Crippen LogP contribution in [0.2, 0.25) is 0 Å². The molecule has 0 spiro atoms. The second-order valence-corrected chi connectivity index (χ2v) is 6.94. The first-order valence-corrected chi connectivity index (χ1v) is 9.36. The Balaban J connectivity index is 1.52. The predicted octanol–water partition coefficient (Wildman–Crippen LogP) is 5.20. The lowest BCUT2D eigenvalue weighted by atomic mass is 10.0. The van der Waals surface area contributed by atoms with Crippen LogP contribution in [0.5, 0.6) is 5.75 Å². The summed E-state index contributed by atoms with van der Waals surface area (Å²) < 4.78 is 11.2. The predicted molar refractivity (Wildman–Crippen MR) is 106 cm³/mol. The molecule has 1 aromatic heterocycles. The third-order valence-corrected chi connectivity index (χ3v) is 5.25. The summed E-state index contributed by atoms with van der Waals surface area (Å²) >= 11 is 0. The zero-order valence-electron chi connectivity index (χ0n) is 15.7. The maximum atomic E-state index is 11.3. The van der Waals surface area contributed by atoms with E-state index in [1.807, 2.05) is 24.3 Å². The normalized spacial score (nSPS) is 17.0. The number of furan rings is 1. The van der Waals surface area contributed by atoms with E-state index in [-0.39, 0.29) is 10.6 Å². The van der Waals surface area contributed by atoms with Crippen molar-refractivity contribution in [3.8, 4) is 17.1 Å². The van der Waals surface area contributed by atoms with E-state index in [1.54, 1.807) is 25.3 Å². The van der Waals surface area contributed by atoms with Crippen LogP contribution in [0.15, 0.2) is 65.1 Å². The summed E-state index contributed by atoms with van der Waals surface area (Å²) in [6.07, 6.45) is 2.23. The molecular weight excluding hydrogens is 356 g/mol. The molecule has 0 amide bonds. The Hall–Kier alpha value is -3.12. The quantitative estimate of drug-likeness (QED) is 0.435. The maximum Gasteiger partial charge on any atom is 0.280 e. The van der Waals surface area contributed by atoms with Crippen LogP contribution in [-0.4, -0.2) is 23.5 Å². The van der Waals surface area contributed by atoms with Crippen LogP contribution in [0.4, 0.5) is 5.69 Å². The van der Waals surface area contributed by atoms with Gasteiger partial charge in [0.2, 0.25) is 0 Å². The summed E-state index contributed by atoms with van der Waals surface area (Å²) in [4.78, 5) is 13.3. The van der Waals surface area contributed by atoms with Gasteiger partial charge in [0.25, 0.3) is 5.69 Å². The van der Waals surface area contributed by atoms with E-state index in [2.05, 4.69) is 17.0 Å². The smallest absolute Gasteiger partial charge is 0.280 e. The largest absolute Gasteiger partial charge is 0.497 e. The number of benzene rings is 2. The topological polar surface area (TPSA) is 68.8 Å². The average molecular weight is 378 g/mol. The number of hydrogen-bond donors (Lipinski definition) is 0. The van der Waals surface area contributed by atoms with E-state index < -0.39 is 0 Å². The number of likely N-dealkylation sites (tertiary alicyclic amines) is 1. The van der Waals surface area contributed by atoms with E-state index in [9.17, 15) is 10.1 Å². The minimum absolute atomic E-state index is 0.0562. The van der Waals surface area contributed by atoms with Gasteiger partial charge in [0.15, 0.2) is 0 Å². The average Bonchev–Trinajstić information content (AvgIpc) is 3.38. The molecule has 4 rings (SSSR count). The SMILES string of the molecule is COc1ccc([C@@H]2CCCN2Cc2ccc(-c3ccccc3[N+](=O)[O-])o2)cc1. The second-order valence-electron chi connectivity index (χ2n) is 6.94. The number of nitrogens with zero attached hydrogens (tertiary/aromatic N) is 2. The first kappa shape index (κ1) is 18.3. The number of methoxy groups -OCH3 is 1. The van der Waals surface area contributed by atoms with Crippen molar-refractivity contribution in [1.29, 1.82) is 0 Å². The third kappa shape index (κ3) is 3.64. The highest BCUT2D eigenvalue weighted by Gasteiger charge is 2.27. The van der Waals surface area contributed by atoms with Crippen molar-refractivity contribution in [1.82, 2.24) is 4.90 Å². The fourth-order valence-corrected chi connectivity index (χ4v) is 3.87. The Labute approximate surface area is 163 Å². The van der Waals surface area contributed by atoms with Gasteiger partial charge in [0.05, 0.1) is 24.1 Å². The molecular formula is C22H22N2O4. The van der Waals surface area contributed by atoms with Crippen LogP contribution < -0.4 is 4.74 Å². The number of hydrogen-bond acceptors (Lipinski definition) is 5. The lowest BCUT2D eigenvalue weighted by molar-refractivity contribution is -0.384. The Kier molecular flexibility index (Phi) is 5.12. The minimum Gasteiger partial charge on any atom is -0.497 e. The van der Waals surface area contributed by atoms with Gasteiger partial charge in [-0.3, -0.25) is 15.0 Å². The van der Waals surface area contributed by atoms with E-state index in [0.717, 1.165) is 30.9 Å². The summed E-state index contributed by atoms with van der Waals surface area (Å²) in [7, 11) is 1.67. The number of nitro benzene ring substituents is 1. The van der Waals surface area contributed by atoms with Gasteiger partial charge in [0.1, 0.15) is 17.3 Å². The maximum absolute atomic E-state index is 11.3. The van der Waals surface area contributed by atoms with Gasteiger partial charge in [-0.05, 0) is 55.3 Å². The molecule has 0 saturated carbocycles. The summed E-state index contributed by atoms with van der Waals surface area (Å²) in [5.41, 5.74) is 1.83. The highest BCUT2D eigenvalue weighted by Crippen LogP contribution is 2.35. The third-order valence-electron chi connectivity index (χ3n) is 5.25. The molecule has 0 bridgehead atoms. The van der Waals surface area contributed by atoms with Gasteiger partial charge in [-0.2, -0.15) is 0 Å². The van der Waals surface area contributed by atoms with Gasteiger partial charge in [-0.25, -0.2) is 0 Å². The van der Waals surface area contributed by atoms with Crippen molar-refractivity contribution in [3.63, 3.8) is 0 Å². The number of nitro groups is 1. The fourth-order valence-electron chi connectivity index (χ4n) is 3.87. The highest BCUT2D eigenvalue weighted by molar-refractivity contribution is 5.69. The molecule has 6 nitrogen and oxygen atoms in total. The summed E-state index contributed by atoms with van der Waals surface area (Å²) in [5, 5.41) is 11.3. The van der Waals surface area contributed by atoms with Crippen molar-refractivity contribution >= 4 is 5.69 Å². The molecule has 1 aliphatic heterocycles. The van der Waals surface area contributed by atoms with E-state index >= 15 is 0 Å². The molecule has 1 saturated heterocycles. The highest BCUT2D eigenvalue weighted by atomic mass is 16.6. The Morgan fingerprint density at radius 1 is 1.14 bits per heavy atom. The standard InChI is InChI=1S/C22H22N2O4/c1-27-17-10-8-16(9-11-17)20-7-4-14-23(20)15-18-12-13-22(28-18)19-5-2-3-6-21(19)24(25)26/h2-3,5-6,8-13,20H,4,7,14-15H2,1H3/t20-/m0/s1. The monoisotopic (exact) mass is 378 g/mol. The molecule has 28 heavy (non-hydrogen) atoms. The molecule has 0 aliphatic carbocycles. The summed E-state index contributed by atoms with van der Waals surface area (Å²) in [6, 6.07) is 18.9. The van der Waals surface area contributed by atoms with Crippen molar-refractivity contribution < 1.29 is 14.1 Å². The second kappa shape index (κ2) is 7.86. The molecule has 6 heteroatoms. The minimum atomic E-state index is -0.377. The summed E-state index contributed by atoms with van der Waals surface area (Å²) in [5.74, 6) is 2.20. The molecule has 0 unspecified atom stereocenters. The number of rotatable bonds is 6. The summed E-state index contributed by atoms with van der Waals surface area (Å²) in [6.45, 7) is 1.68. The van der Waals surface area contributed by atoms with Gasteiger partial charge < -0.3 is 9.15 Å². The molecule has 144 valence electrons. The van der Waals surface area contributed by atoms with E-state index in [4.69, 9.17) is 9.15 Å².